The highest BCUT2D eigenvalue weighted by Crippen LogP contribution is 2.35. The van der Waals surface area contributed by atoms with Gasteiger partial charge in [-0.05, 0) is 45.8 Å². The van der Waals surface area contributed by atoms with Crippen molar-refractivity contribution >= 4 is 38.5 Å². The summed E-state index contributed by atoms with van der Waals surface area (Å²) in [5.74, 6) is -0.200. The molecular weight excluding hydrogens is 324 g/mol. The van der Waals surface area contributed by atoms with Crippen LogP contribution in [-0.2, 0) is 0 Å². The lowest BCUT2D eigenvalue weighted by Gasteiger charge is -2.09. The molecular formula is C22H14N2O2. The molecule has 0 amide bonds. The molecule has 1 aromatic heterocycles. The van der Waals surface area contributed by atoms with Crippen LogP contribution in [0.25, 0.3) is 44.0 Å². The number of fused-ring (bicyclic) bond motifs is 3. The van der Waals surface area contributed by atoms with E-state index in [0.717, 1.165) is 44.0 Å². The number of nitrogens with one attached hydrogen (secondary N) is 1. The number of aromatic carboxylic acids is 1. The lowest BCUT2D eigenvalue weighted by Crippen LogP contribution is -1.94. The van der Waals surface area contributed by atoms with E-state index in [2.05, 4.69) is 35.3 Å². The second kappa shape index (κ2) is 5.43. The second-order valence-electron chi connectivity index (χ2n) is 6.32. The Morgan fingerprint density at radius 2 is 1.50 bits per heavy atom. The Balaban J connectivity index is 1.87. The summed E-state index contributed by atoms with van der Waals surface area (Å²) in [6.45, 7) is 0. The number of imidazole rings is 1. The van der Waals surface area contributed by atoms with Crippen LogP contribution >= 0.6 is 0 Å². The monoisotopic (exact) mass is 338 g/mol. The Bertz CT molecular complexity index is 1260. The van der Waals surface area contributed by atoms with Crippen LogP contribution in [0.2, 0.25) is 0 Å². The molecule has 4 aromatic carbocycles. The number of nitrogens with zero attached hydrogens (tertiary/aromatic N) is 1. The minimum absolute atomic E-state index is 0.246. The average molecular weight is 338 g/mol. The molecule has 0 atom stereocenters. The predicted octanol–water partition coefficient (Wildman–Crippen LogP) is 5.23. The smallest absolute Gasteiger partial charge is 0.335 e. The second-order valence-corrected chi connectivity index (χ2v) is 6.32. The van der Waals surface area contributed by atoms with Gasteiger partial charge in [0.05, 0.1) is 16.6 Å². The van der Waals surface area contributed by atoms with Crippen molar-refractivity contribution < 1.29 is 9.90 Å². The molecule has 0 aliphatic heterocycles. The molecule has 124 valence electrons. The van der Waals surface area contributed by atoms with Gasteiger partial charge in [0.15, 0.2) is 0 Å². The fraction of sp³-hybridized carbons (Fsp3) is 0. The van der Waals surface area contributed by atoms with Crippen LogP contribution < -0.4 is 0 Å². The third-order valence-corrected chi connectivity index (χ3v) is 4.74. The van der Waals surface area contributed by atoms with Gasteiger partial charge in [-0.1, -0.05) is 48.5 Å². The van der Waals surface area contributed by atoms with E-state index >= 15 is 0 Å². The molecule has 0 fully saturated rings. The van der Waals surface area contributed by atoms with E-state index in [-0.39, 0.29) is 5.56 Å². The maximum atomic E-state index is 11.2. The first-order chi connectivity index (χ1) is 12.7. The number of rotatable bonds is 2. The summed E-state index contributed by atoms with van der Waals surface area (Å²) in [6, 6.07) is 23.6. The topological polar surface area (TPSA) is 66.0 Å². The number of carbonyl (C=O) groups is 1. The highest BCUT2D eigenvalue weighted by atomic mass is 16.4. The summed E-state index contributed by atoms with van der Waals surface area (Å²) in [5, 5.41) is 13.7. The van der Waals surface area contributed by atoms with Crippen molar-refractivity contribution in [1.82, 2.24) is 9.97 Å². The van der Waals surface area contributed by atoms with Crippen molar-refractivity contribution in [2.75, 3.05) is 0 Å². The average Bonchev–Trinajstić information content (AvgIpc) is 3.08. The molecule has 0 saturated heterocycles. The lowest BCUT2D eigenvalue weighted by molar-refractivity contribution is 0.0697. The van der Waals surface area contributed by atoms with E-state index in [1.165, 1.54) is 0 Å². The molecule has 0 saturated carbocycles. The molecule has 0 aliphatic carbocycles. The van der Waals surface area contributed by atoms with Gasteiger partial charge in [0.1, 0.15) is 5.82 Å². The van der Waals surface area contributed by atoms with E-state index in [0.29, 0.717) is 0 Å². The minimum Gasteiger partial charge on any atom is -0.478 e. The van der Waals surface area contributed by atoms with Gasteiger partial charge in [-0.25, -0.2) is 9.78 Å². The number of hydrogen-bond acceptors (Lipinski definition) is 2. The third kappa shape index (κ3) is 2.16. The molecule has 0 spiro atoms. The van der Waals surface area contributed by atoms with Crippen LogP contribution in [0.5, 0.6) is 0 Å². The molecule has 0 unspecified atom stereocenters. The number of aromatic amines is 1. The van der Waals surface area contributed by atoms with Crippen molar-refractivity contribution in [3.05, 3.63) is 78.4 Å². The zero-order valence-electron chi connectivity index (χ0n) is 13.7. The number of carboxylic acid groups (broad SMARTS) is 1. The van der Waals surface area contributed by atoms with Crippen LogP contribution in [0.15, 0.2) is 72.8 Å². The predicted molar refractivity (Wildman–Crippen MR) is 104 cm³/mol. The fourth-order valence-corrected chi connectivity index (χ4v) is 3.53. The first-order valence-electron chi connectivity index (χ1n) is 8.35. The molecule has 5 rings (SSSR count). The molecule has 4 nitrogen and oxygen atoms in total. The van der Waals surface area contributed by atoms with E-state index < -0.39 is 5.97 Å². The normalized spacial score (nSPS) is 11.4. The first-order valence-corrected chi connectivity index (χ1v) is 8.35. The summed E-state index contributed by atoms with van der Waals surface area (Å²) in [4.78, 5) is 19.3. The molecule has 1 heterocycles. The SMILES string of the molecule is O=C(O)c1ccc2nc(-c3c4ccccc4cc4ccccc34)[nH]c2c1. The van der Waals surface area contributed by atoms with Gasteiger partial charge in [0.2, 0.25) is 0 Å². The van der Waals surface area contributed by atoms with Crippen molar-refractivity contribution in [2.24, 2.45) is 0 Å². The number of H-pyrrole nitrogens is 1. The van der Waals surface area contributed by atoms with E-state index in [1.807, 2.05) is 24.3 Å². The Morgan fingerprint density at radius 1 is 0.846 bits per heavy atom. The number of aromatic nitrogens is 2. The van der Waals surface area contributed by atoms with Crippen LogP contribution in [0, 0.1) is 0 Å². The van der Waals surface area contributed by atoms with Crippen molar-refractivity contribution in [2.45, 2.75) is 0 Å². The Kier molecular flexibility index (Phi) is 3.06. The Labute approximate surface area is 148 Å². The van der Waals surface area contributed by atoms with Gasteiger partial charge >= 0.3 is 5.97 Å². The highest BCUT2D eigenvalue weighted by molar-refractivity contribution is 6.12. The summed E-state index contributed by atoms with van der Waals surface area (Å²) >= 11 is 0. The van der Waals surface area contributed by atoms with Gasteiger partial charge in [-0.3, -0.25) is 0 Å². The van der Waals surface area contributed by atoms with Crippen molar-refractivity contribution in [1.29, 1.82) is 0 Å². The molecule has 5 aromatic rings. The molecule has 0 radical (unpaired) electrons. The molecule has 2 N–H and O–H groups in total. The number of benzene rings is 4. The fourth-order valence-electron chi connectivity index (χ4n) is 3.53. The molecule has 4 heteroatoms. The van der Waals surface area contributed by atoms with E-state index in [4.69, 9.17) is 4.98 Å². The van der Waals surface area contributed by atoms with E-state index in [9.17, 15) is 9.90 Å². The molecule has 26 heavy (non-hydrogen) atoms. The van der Waals surface area contributed by atoms with Gasteiger partial charge in [-0.2, -0.15) is 0 Å². The first kappa shape index (κ1) is 14.7. The van der Waals surface area contributed by atoms with Crippen LogP contribution in [-0.4, -0.2) is 21.0 Å². The summed E-state index contributed by atoms with van der Waals surface area (Å²) in [5.41, 5.74) is 2.75. The minimum atomic E-state index is -0.946. The molecule has 0 aliphatic rings. The summed E-state index contributed by atoms with van der Waals surface area (Å²) in [6.07, 6.45) is 0. The van der Waals surface area contributed by atoms with Crippen LogP contribution in [0.4, 0.5) is 0 Å². The van der Waals surface area contributed by atoms with Crippen LogP contribution in [0.1, 0.15) is 10.4 Å². The maximum absolute atomic E-state index is 11.2. The summed E-state index contributed by atoms with van der Waals surface area (Å²) in [7, 11) is 0. The van der Waals surface area contributed by atoms with Crippen molar-refractivity contribution in [3.8, 4) is 11.4 Å². The van der Waals surface area contributed by atoms with Gasteiger partial charge in [0, 0.05) is 5.56 Å². The number of carboxylic acids is 1. The van der Waals surface area contributed by atoms with Crippen LogP contribution in [0.3, 0.4) is 0 Å². The quantitative estimate of drug-likeness (QED) is 0.433. The van der Waals surface area contributed by atoms with Gasteiger partial charge in [0.25, 0.3) is 0 Å². The Morgan fingerprint density at radius 3 is 2.15 bits per heavy atom. The van der Waals surface area contributed by atoms with E-state index in [1.54, 1.807) is 18.2 Å². The molecule has 0 bridgehead atoms. The highest BCUT2D eigenvalue weighted by Gasteiger charge is 2.14. The largest absolute Gasteiger partial charge is 0.478 e. The van der Waals surface area contributed by atoms with Gasteiger partial charge < -0.3 is 10.1 Å². The zero-order valence-corrected chi connectivity index (χ0v) is 13.7. The lowest BCUT2D eigenvalue weighted by atomic mass is 9.96. The zero-order chi connectivity index (χ0) is 17.7. The van der Waals surface area contributed by atoms with Gasteiger partial charge in [-0.15, -0.1) is 0 Å². The van der Waals surface area contributed by atoms with Crippen molar-refractivity contribution in [3.63, 3.8) is 0 Å². The Hall–Kier alpha value is -3.66. The third-order valence-electron chi connectivity index (χ3n) is 4.74. The maximum Gasteiger partial charge on any atom is 0.335 e. The standard InChI is InChI=1S/C22H14N2O2/c25-22(26)15-9-10-18-19(12-15)24-21(23-18)20-16-7-3-1-5-13(16)11-14-6-2-4-8-17(14)20/h1-12H,(H,23,24)(H,25,26). The summed E-state index contributed by atoms with van der Waals surface area (Å²) < 4.78 is 0. The number of hydrogen-bond donors (Lipinski definition) is 2.